The average Bonchev–Trinajstić information content (AvgIpc) is 2.37. The summed E-state index contributed by atoms with van der Waals surface area (Å²) < 4.78 is 27.4. The van der Waals surface area contributed by atoms with Gasteiger partial charge in [0.05, 0.1) is 5.02 Å². The fourth-order valence-electron chi connectivity index (χ4n) is 1.61. The van der Waals surface area contributed by atoms with Gasteiger partial charge in [0.25, 0.3) is 0 Å². The predicted octanol–water partition coefficient (Wildman–Crippen LogP) is 4.86. The standard InChI is InChI=1S/C13H6BrClF2O/c14-11-4-3-10(13(17)12(11)15)9-2-1-8(16)5-7(9)6-18/h1-6H. The van der Waals surface area contributed by atoms with Crippen LogP contribution in [0.5, 0.6) is 0 Å². The van der Waals surface area contributed by atoms with Crippen molar-refractivity contribution < 1.29 is 13.6 Å². The number of benzene rings is 2. The summed E-state index contributed by atoms with van der Waals surface area (Å²) >= 11 is 8.87. The Bertz CT molecular complexity index is 629. The lowest BCUT2D eigenvalue weighted by molar-refractivity contribution is 0.112. The van der Waals surface area contributed by atoms with Crippen molar-refractivity contribution in [3.05, 3.63) is 57.0 Å². The summed E-state index contributed by atoms with van der Waals surface area (Å²) in [4.78, 5) is 10.9. The van der Waals surface area contributed by atoms with Crippen molar-refractivity contribution in [2.24, 2.45) is 0 Å². The van der Waals surface area contributed by atoms with Gasteiger partial charge < -0.3 is 0 Å². The second-order valence-corrected chi connectivity index (χ2v) is 4.80. The van der Waals surface area contributed by atoms with E-state index in [4.69, 9.17) is 11.6 Å². The minimum Gasteiger partial charge on any atom is -0.298 e. The molecule has 1 nitrogen and oxygen atoms in total. The fraction of sp³-hybridized carbons (Fsp3) is 0. The molecule has 2 aromatic carbocycles. The van der Waals surface area contributed by atoms with Crippen molar-refractivity contribution in [1.29, 1.82) is 0 Å². The Labute approximate surface area is 116 Å². The molecular weight excluding hydrogens is 325 g/mol. The lowest BCUT2D eigenvalue weighted by atomic mass is 10.00. The normalized spacial score (nSPS) is 10.4. The van der Waals surface area contributed by atoms with Gasteiger partial charge in [-0.05, 0) is 39.7 Å². The zero-order valence-corrected chi connectivity index (χ0v) is 11.2. The molecule has 0 aliphatic heterocycles. The molecule has 5 heteroatoms. The maximum absolute atomic E-state index is 14.0. The van der Waals surface area contributed by atoms with Crippen molar-refractivity contribution >= 4 is 33.8 Å². The van der Waals surface area contributed by atoms with E-state index >= 15 is 0 Å². The highest BCUT2D eigenvalue weighted by molar-refractivity contribution is 9.10. The van der Waals surface area contributed by atoms with E-state index in [2.05, 4.69) is 15.9 Å². The molecule has 0 fully saturated rings. The Morgan fingerprint density at radius 1 is 1.11 bits per heavy atom. The van der Waals surface area contributed by atoms with Gasteiger partial charge in [0.15, 0.2) is 12.1 Å². The molecule has 0 saturated heterocycles. The molecule has 0 radical (unpaired) electrons. The Morgan fingerprint density at radius 3 is 2.44 bits per heavy atom. The minimum atomic E-state index is -0.652. The molecule has 2 aromatic rings. The summed E-state index contributed by atoms with van der Waals surface area (Å²) in [6.45, 7) is 0. The SMILES string of the molecule is O=Cc1cc(F)ccc1-c1ccc(Br)c(Cl)c1F. The molecular formula is C13H6BrClF2O. The van der Waals surface area contributed by atoms with Gasteiger partial charge >= 0.3 is 0 Å². The van der Waals surface area contributed by atoms with E-state index in [9.17, 15) is 13.6 Å². The van der Waals surface area contributed by atoms with Crippen molar-refractivity contribution in [3.63, 3.8) is 0 Å². The number of carbonyl (C=O) groups excluding carboxylic acids is 1. The largest absolute Gasteiger partial charge is 0.298 e. The molecule has 0 heterocycles. The Hall–Kier alpha value is -1.26. The zero-order valence-electron chi connectivity index (χ0n) is 8.88. The van der Waals surface area contributed by atoms with Crippen LogP contribution in [-0.2, 0) is 0 Å². The second kappa shape index (κ2) is 5.16. The molecule has 0 atom stereocenters. The highest BCUT2D eigenvalue weighted by Gasteiger charge is 2.14. The van der Waals surface area contributed by atoms with Crippen LogP contribution in [0.4, 0.5) is 8.78 Å². The second-order valence-electron chi connectivity index (χ2n) is 3.57. The number of halogens is 4. The highest BCUT2D eigenvalue weighted by atomic mass is 79.9. The van der Waals surface area contributed by atoms with Crippen molar-refractivity contribution in [2.45, 2.75) is 0 Å². The zero-order chi connectivity index (χ0) is 13.3. The van der Waals surface area contributed by atoms with Crippen LogP contribution < -0.4 is 0 Å². The first-order valence-corrected chi connectivity index (χ1v) is 6.10. The number of carbonyl (C=O) groups is 1. The number of hydrogen-bond acceptors (Lipinski definition) is 1. The van der Waals surface area contributed by atoms with E-state index in [1.807, 2.05) is 0 Å². The molecule has 0 N–H and O–H groups in total. The molecule has 0 aliphatic rings. The van der Waals surface area contributed by atoms with Gasteiger partial charge in [-0.1, -0.05) is 23.7 Å². The number of aldehydes is 1. The van der Waals surface area contributed by atoms with Crippen molar-refractivity contribution in [2.75, 3.05) is 0 Å². The summed E-state index contributed by atoms with van der Waals surface area (Å²) in [5.41, 5.74) is 0.538. The monoisotopic (exact) mass is 330 g/mol. The Kier molecular flexibility index (Phi) is 3.78. The molecule has 18 heavy (non-hydrogen) atoms. The Balaban J connectivity index is 2.69. The smallest absolute Gasteiger partial charge is 0.150 e. The van der Waals surface area contributed by atoms with Gasteiger partial charge in [-0.15, -0.1) is 0 Å². The van der Waals surface area contributed by atoms with Crippen molar-refractivity contribution in [3.8, 4) is 11.1 Å². The maximum Gasteiger partial charge on any atom is 0.150 e. The highest BCUT2D eigenvalue weighted by Crippen LogP contribution is 2.34. The summed E-state index contributed by atoms with van der Waals surface area (Å²) in [6, 6.07) is 6.61. The molecule has 92 valence electrons. The summed E-state index contributed by atoms with van der Waals surface area (Å²) in [5, 5.41) is -0.0753. The van der Waals surface area contributed by atoms with E-state index in [0.717, 1.165) is 12.1 Å². The summed E-state index contributed by atoms with van der Waals surface area (Å²) in [5.74, 6) is -1.20. The van der Waals surface area contributed by atoms with Gasteiger partial charge in [-0.2, -0.15) is 0 Å². The van der Waals surface area contributed by atoms with E-state index in [1.165, 1.54) is 12.1 Å². The third kappa shape index (κ3) is 2.31. The first-order valence-electron chi connectivity index (χ1n) is 4.93. The van der Waals surface area contributed by atoms with Crippen LogP contribution >= 0.6 is 27.5 Å². The third-order valence-corrected chi connectivity index (χ3v) is 3.72. The lowest BCUT2D eigenvalue weighted by Gasteiger charge is -2.08. The number of hydrogen-bond donors (Lipinski definition) is 0. The van der Waals surface area contributed by atoms with Gasteiger partial charge in [0, 0.05) is 15.6 Å². The van der Waals surface area contributed by atoms with E-state index in [-0.39, 0.29) is 16.1 Å². The molecule has 0 saturated carbocycles. The summed E-state index contributed by atoms with van der Waals surface area (Å²) in [6.07, 6.45) is 0.480. The molecule has 2 rings (SSSR count). The molecule has 0 spiro atoms. The number of rotatable bonds is 2. The van der Waals surface area contributed by atoms with Crippen LogP contribution in [0, 0.1) is 11.6 Å². The van der Waals surface area contributed by atoms with Crippen LogP contribution in [0.3, 0.4) is 0 Å². The fourth-order valence-corrected chi connectivity index (χ4v) is 2.08. The van der Waals surface area contributed by atoms with Crippen LogP contribution in [0.2, 0.25) is 5.02 Å². The first kappa shape index (κ1) is 13.2. The van der Waals surface area contributed by atoms with E-state index in [0.29, 0.717) is 16.3 Å². The molecule has 0 amide bonds. The molecule has 0 aromatic heterocycles. The minimum absolute atomic E-state index is 0.0753. The first-order chi connectivity index (χ1) is 8.54. The lowest BCUT2D eigenvalue weighted by Crippen LogP contribution is -1.93. The Morgan fingerprint density at radius 2 is 1.78 bits per heavy atom. The van der Waals surface area contributed by atoms with Gasteiger partial charge in [0.1, 0.15) is 5.82 Å². The van der Waals surface area contributed by atoms with Gasteiger partial charge in [-0.25, -0.2) is 8.78 Å². The molecule has 0 bridgehead atoms. The van der Waals surface area contributed by atoms with Crippen LogP contribution in [0.15, 0.2) is 34.8 Å². The predicted molar refractivity (Wildman–Crippen MR) is 69.9 cm³/mol. The van der Waals surface area contributed by atoms with Crippen LogP contribution in [-0.4, -0.2) is 6.29 Å². The quantitative estimate of drug-likeness (QED) is 0.567. The topological polar surface area (TPSA) is 17.1 Å². The van der Waals surface area contributed by atoms with Crippen LogP contribution in [0.25, 0.3) is 11.1 Å². The molecule has 0 aliphatic carbocycles. The van der Waals surface area contributed by atoms with Crippen LogP contribution in [0.1, 0.15) is 10.4 Å². The van der Waals surface area contributed by atoms with Gasteiger partial charge in [-0.3, -0.25) is 4.79 Å². The average molecular weight is 332 g/mol. The maximum atomic E-state index is 14.0. The van der Waals surface area contributed by atoms with Gasteiger partial charge in [0.2, 0.25) is 0 Å². The van der Waals surface area contributed by atoms with E-state index < -0.39 is 11.6 Å². The summed E-state index contributed by atoms with van der Waals surface area (Å²) in [7, 11) is 0. The third-order valence-electron chi connectivity index (χ3n) is 2.47. The van der Waals surface area contributed by atoms with Crippen molar-refractivity contribution in [1.82, 2.24) is 0 Å². The molecule has 0 unspecified atom stereocenters. The van der Waals surface area contributed by atoms with E-state index in [1.54, 1.807) is 6.07 Å².